The average molecular weight is 429 g/mol. The molecule has 1 aliphatic rings. The van der Waals surface area contributed by atoms with Crippen LogP contribution in [-0.4, -0.2) is 51.5 Å². The monoisotopic (exact) mass is 428 g/mol. The molecule has 1 rings (SSSR count). The van der Waals surface area contributed by atoms with E-state index in [-0.39, 0.29) is 23.5 Å². The quantitative estimate of drug-likeness (QED) is 0.554. The van der Waals surface area contributed by atoms with E-state index >= 15 is 0 Å². The number of hydrogen-bond acceptors (Lipinski definition) is 6. The van der Waals surface area contributed by atoms with E-state index in [4.69, 9.17) is 4.74 Å². The van der Waals surface area contributed by atoms with Crippen molar-refractivity contribution in [1.29, 1.82) is 0 Å². The second-order valence-electron chi connectivity index (χ2n) is 10.0. The molecular weight excluding hydrogens is 384 g/mol. The Balaban J connectivity index is 3.22. The van der Waals surface area contributed by atoms with Crippen LogP contribution >= 0.6 is 0 Å². The van der Waals surface area contributed by atoms with Gasteiger partial charge in [0.1, 0.15) is 11.9 Å². The fourth-order valence-corrected chi connectivity index (χ4v) is 5.02. The Labute approximate surface area is 182 Å². The predicted molar refractivity (Wildman–Crippen MR) is 117 cm³/mol. The van der Waals surface area contributed by atoms with E-state index in [2.05, 4.69) is 6.92 Å². The molecule has 1 fully saturated rings. The summed E-state index contributed by atoms with van der Waals surface area (Å²) in [5.41, 5.74) is 0. The summed E-state index contributed by atoms with van der Waals surface area (Å²) >= 11 is 0. The Morgan fingerprint density at radius 2 is 1.33 bits per heavy atom. The van der Waals surface area contributed by atoms with Crippen LogP contribution in [0.2, 0.25) is 0 Å². The Hall–Kier alpha value is -0.980. The summed E-state index contributed by atoms with van der Waals surface area (Å²) < 4.78 is 5.65. The topological polar surface area (TPSA) is 104 Å². The lowest BCUT2D eigenvalue weighted by Crippen LogP contribution is -2.44. The maximum Gasteiger partial charge on any atom is 0.311 e. The summed E-state index contributed by atoms with van der Waals surface area (Å²) in [4.78, 5) is 25.7. The first-order valence-corrected chi connectivity index (χ1v) is 11.6. The van der Waals surface area contributed by atoms with Gasteiger partial charge >= 0.3 is 5.97 Å². The zero-order valence-electron chi connectivity index (χ0n) is 20.0. The van der Waals surface area contributed by atoms with Crippen LogP contribution in [0.25, 0.3) is 0 Å². The van der Waals surface area contributed by atoms with Gasteiger partial charge in [-0.25, -0.2) is 0 Å². The zero-order chi connectivity index (χ0) is 23.3. The fourth-order valence-electron chi connectivity index (χ4n) is 5.02. The molecule has 30 heavy (non-hydrogen) atoms. The number of ether oxygens (including phenoxy) is 1. The van der Waals surface area contributed by atoms with Crippen molar-refractivity contribution in [2.24, 2.45) is 41.4 Å². The van der Waals surface area contributed by atoms with E-state index in [0.717, 1.165) is 0 Å². The lowest BCUT2D eigenvalue weighted by Gasteiger charge is -2.35. The van der Waals surface area contributed by atoms with E-state index in [1.165, 1.54) is 0 Å². The number of ketones is 1. The van der Waals surface area contributed by atoms with Gasteiger partial charge in [0.2, 0.25) is 0 Å². The van der Waals surface area contributed by atoms with Crippen LogP contribution in [0.3, 0.4) is 0 Å². The molecule has 11 atom stereocenters. The number of rotatable bonds is 1. The molecule has 176 valence electrons. The van der Waals surface area contributed by atoms with Crippen molar-refractivity contribution in [2.45, 2.75) is 99.1 Å². The van der Waals surface area contributed by atoms with Gasteiger partial charge < -0.3 is 20.1 Å². The van der Waals surface area contributed by atoms with Gasteiger partial charge in [0.15, 0.2) is 0 Å². The van der Waals surface area contributed by atoms with Gasteiger partial charge in [0.05, 0.1) is 24.2 Å². The molecule has 0 aromatic heterocycles. The largest absolute Gasteiger partial charge is 0.462 e. The molecule has 0 aromatic carbocycles. The highest BCUT2D eigenvalue weighted by Gasteiger charge is 2.39. The number of aliphatic hydroxyl groups is 3. The van der Waals surface area contributed by atoms with Crippen LogP contribution < -0.4 is 0 Å². The third-order valence-corrected chi connectivity index (χ3v) is 7.32. The molecule has 6 heteroatoms. The maximum absolute atomic E-state index is 12.9. The van der Waals surface area contributed by atoms with E-state index in [1.807, 2.05) is 20.8 Å². The first-order chi connectivity index (χ1) is 13.8. The van der Waals surface area contributed by atoms with Crippen molar-refractivity contribution in [2.75, 3.05) is 0 Å². The van der Waals surface area contributed by atoms with Gasteiger partial charge in [-0.2, -0.15) is 0 Å². The number of esters is 1. The highest BCUT2D eigenvalue weighted by molar-refractivity contribution is 5.83. The number of cyclic esters (lactones) is 1. The molecule has 0 bridgehead atoms. The van der Waals surface area contributed by atoms with E-state index in [0.29, 0.717) is 19.3 Å². The molecule has 6 nitrogen and oxygen atoms in total. The number of aliphatic hydroxyl groups excluding tert-OH is 3. The predicted octanol–water partition coefficient (Wildman–Crippen LogP) is 3.21. The van der Waals surface area contributed by atoms with Gasteiger partial charge in [-0.05, 0) is 38.0 Å². The molecule has 1 heterocycles. The SMILES string of the molecule is CCC1OC(=O)C(C)C(O)C(C)C(O)C(C)CC(C)CC(C)C(=O)C(C)C(O)C1C. The van der Waals surface area contributed by atoms with E-state index in [1.54, 1.807) is 27.7 Å². The van der Waals surface area contributed by atoms with Crippen molar-refractivity contribution in [3.8, 4) is 0 Å². The molecule has 0 aromatic rings. The lowest BCUT2D eigenvalue weighted by atomic mass is 9.77. The summed E-state index contributed by atoms with van der Waals surface area (Å²) in [6.45, 7) is 14.6. The zero-order valence-corrected chi connectivity index (χ0v) is 20.0. The summed E-state index contributed by atoms with van der Waals surface area (Å²) in [7, 11) is 0. The van der Waals surface area contributed by atoms with Crippen LogP contribution in [-0.2, 0) is 14.3 Å². The Morgan fingerprint density at radius 1 is 0.800 bits per heavy atom. The van der Waals surface area contributed by atoms with Crippen molar-refractivity contribution in [1.82, 2.24) is 0 Å². The number of carbonyl (C=O) groups excluding carboxylic acids is 2. The lowest BCUT2D eigenvalue weighted by molar-refractivity contribution is -0.166. The van der Waals surface area contributed by atoms with Crippen molar-refractivity contribution < 1.29 is 29.6 Å². The second kappa shape index (κ2) is 11.6. The van der Waals surface area contributed by atoms with Gasteiger partial charge in [0.25, 0.3) is 0 Å². The minimum atomic E-state index is -1.03. The van der Waals surface area contributed by atoms with E-state index < -0.39 is 54.1 Å². The second-order valence-corrected chi connectivity index (χ2v) is 10.0. The number of carbonyl (C=O) groups is 2. The molecule has 0 aliphatic carbocycles. The van der Waals surface area contributed by atoms with Crippen molar-refractivity contribution >= 4 is 11.8 Å². The molecule has 0 radical (unpaired) electrons. The van der Waals surface area contributed by atoms with Gasteiger partial charge in [0, 0.05) is 23.7 Å². The Morgan fingerprint density at radius 3 is 1.87 bits per heavy atom. The van der Waals surface area contributed by atoms with Crippen molar-refractivity contribution in [3.63, 3.8) is 0 Å². The first kappa shape index (κ1) is 27.1. The molecule has 0 saturated carbocycles. The molecule has 11 unspecified atom stereocenters. The third kappa shape index (κ3) is 6.51. The first-order valence-electron chi connectivity index (χ1n) is 11.6. The highest BCUT2D eigenvalue weighted by atomic mass is 16.5. The normalized spacial score (nSPS) is 45.8. The highest BCUT2D eigenvalue weighted by Crippen LogP contribution is 2.31. The maximum atomic E-state index is 12.9. The van der Waals surface area contributed by atoms with Crippen LogP contribution in [0.15, 0.2) is 0 Å². The fraction of sp³-hybridized carbons (Fsp3) is 0.917. The Kier molecular flexibility index (Phi) is 10.4. The smallest absolute Gasteiger partial charge is 0.311 e. The summed E-state index contributed by atoms with van der Waals surface area (Å²) in [6, 6.07) is 0. The molecule has 0 spiro atoms. The molecular formula is C24H44O6. The van der Waals surface area contributed by atoms with Crippen molar-refractivity contribution in [3.05, 3.63) is 0 Å². The molecule has 1 saturated heterocycles. The minimum Gasteiger partial charge on any atom is -0.462 e. The van der Waals surface area contributed by atoms with Gasteiger partial charge in [-0.3, -0.25) is 9.59 Å². The Bertz CT molecular complexity index is 564. The van der Waals surface area contributed by atoms with Gasteiger partial charge in [-0.1, -0.05) is 48.5 Å². The summed E-state index contributed by atoms with van der Waals surface area (Å²) in [5, 5.41) is 32.3. The molecule has 1 aliphatic heterocycles. The van der Waals surface area contributed by atoms with E-state index in [9.17, 15) is 24.9 Å². The average Bonchev–Trinajstić information content (AvgIpc) is 2.71. The molecule has 3 N–H and O–H groups in total. The third-order valence-electron chi connectivity index (χ3n) is 7.32. The van der Waals surface area contributed by atoms with Crippen LogP contribution in [0.5, 0.6) is 0 Å². The van der Waals surface area contributed by atoms with Gasteiger partial charge in [-0.15, -0.1) is 0 Å². The number of Topliss-reactive ketones (excluding diaryl/α,β-unsaturated/α-hetero) is 1. The standard InChI is InChI=1S/C24H44O6/c1-9-19-15(5)22(27)16(6)20(25)13(3)10-12(2)11-14(4)21(26)17(7)23(28)18(8)24(29)30-19/h12-19,21-23,26-28H,9-11H2,1-8H3. The summed E-state index contributed by atoms with van der Waals surface area (Å²) in [6.07, 6.45) is -1.39. The minimum absolute atomic E-state index is 0.0137. The molecule has 0 amide bonds. The summed E-state index contributed by atoms with van der Waals surface area (Å²) in [5.74, 6) is -2.90. The number of hydrogen-bond donors (Lipinski definition) is 3. The van der Waals surface area contributed by atoms with Crippen LogP contribution in [0.4, 0.5) is 0 Å². The van der Waals surface area contributed by atoms with Crippen LogP contribution in [0.1, 0.15) is 74.7 Å². The van der Waals surface area contributed by atoms with Crippen LogP contribution in [0, 0.1) is 41.4 Å².